The summed E-state index contributed by atoms with van der Waals surface area (Å²) in [6.07, 6.45) is 3.79. The number of methoxy groups -OCH3 is 1. The summed E-state index contributed by atoms with van der Waals surface area (Å²) in [5.41, 5.74) is 8.14. The van der Waals surface area contributed by atoms with E-state index < -0.39 is 23.8 Å². The van der Waals surface area contributed by atoms with Gasteiger partial charge in [-0.05, 0) is 35.9 Å². The van der Waals surface area contributed by atoms with E-state index in [1.807, 2.05) is 36.5 Å². The molecule has 3 amide bonds. The molecule has 1 unspecified atom stereocenters. The van der Waals surface area contributed by atoms with Gasteiger partial charge in [0.25, 0.3) is 5.91 Å². The number of ether oxygens (including phenoxy) is 1. The maximum atomic E-state index is 13.5. The fraction of sp³-hybridized carbons (Fsp3) is 0.227. The first-order valence-corrected chi connectivity index (χ1v) is 9.48. The van der Waals surface area contributed by atoms with Crippen molar-refractivity contribution < 1.29 is 24.0 Å². The minimum absolute atomic E-state index is 0.290. The van der Waals surface area contributed by atoms with Gasteiger partial charge >= 0.3 is 0 Å². The van der Waals surface area contributed by atoms with Gasteiger partial charge in [0.2, 0.25) is 11.8 Å². The molecule has 146 valence electrons. The molecule has 2 aromatic carbocycles. The number of primary amides is 1. The van der Waals surface area contributed by atoms with E-state index >= 15 is 0 Å². The molecule has 0 radical (unpaired) electrons. The highest BCUT2D eigenvalue weighted by Crippen LogP contribution is 2.44. The number of hydrogen-bond acceptors (Lipinski definition) is 4. The maximum Gasteiger partial charge on any atom is 0.277 e. The van der Waals surface area contributed by atoms with E-state index in [0.717, 1.165) is 16.0 Å². The quantitative estimate of drug-likeness (QED) is 0.736. The Balaban J connectivity index is 1.62. The number of amides is 3. The summed E-state index contributed by atoms with van der Waals surface area (Å²) in [7, 11) is 1.55. The first kappa shape index (κ1) is 17.6. The average Bonchev–Trinajstić information content (AvgIpc) is 3.21. The molecule has 5 rings (SSSR count). The van der Waals surface area contributed by atoms with Gasteiger partial charge in [0.1, 0.15) is 23.6 Å². The Morgan fingerprint density at radius 3 is 2.41 bits per heavy atom. The Morgan fingerprint density at radius 2 is 1.72 bits per heavy atom. The molecule has 2 aromatic rings. The number of quaternary nitrogens is 1. The highest BCUT2D eigenvalue weighted by atomic mass is 16.5. The zero-order valence-corrected chi connectivity index (χ0v) is 15.7. The van der Waals surface area contributed by atoms with Gasteiger partial charge in [0.15, 0.2) is 6.04 Å². The molecule has 0 saturated carbocycles. The Morgan fingerprint density at radius 1 is 1.03 bits per heavy atom. The van der Waals surface area contributed by atoms with Crippen LogP contribution >= 0.6 is 0 Å². The van der Waals surface area contributed by atoms with Crippen molar-refractivity contribution in [2.24, 2.45) is 17.6 Å². The van der Waals surface area contributed by atoms with Gasteiger partial charge in [-0.25, -0.2) is 4.90 Å². The number of nitrogens with one attached hydrogen (secondary N) is 1. The summed E-state index contributed by atoms with van der Waals surface area (Å²) in [5, 5.41) is 0. The van der Waals surface area contributed by atoms with E-state index in [1.165, 1.54) is 4.90 Å². The molecule has 29 heavy (non-hydrogen) atoms. The van der Waals surface area contributed by atoms with Crippen LogP contribution < -0.4 is 20.3 Å². The van der Waals surface area contributed by atoms with Crippen molar-refractivity contribution in [2.45, 2.75) is 12.1 Å². The Hall–Kier alpha value is -3.45. The zero-order chi connectivity index (χ0) is 20.3. The van der Waals surface area contributed by atoms with Crippen LogP contribution in [0.25, 0.3) is 6.08 Å². The lowest BCUT2D eigenvalue weighted by molar-refractivity contribution is -0.884. The third-order valence-corrected chi connectivity index (χ3v) is 6.26. The van der Waals surface area contributed by atoms with Crippen LogP contribution in [-0.4, -0.2) is 30.9 Å². The summed E-state index contributed by atoms with van der Waals surface area (Å²) in [4.78, 5) is 41.1. The van der Waals surface area contributed by atoms with Gasteiger partial charge in [-0.3, -0.25) is 19.3 Å². The number of anilines is 1. The fourth-order valence-electron chi connectivity index (χ4n) is 5.06. The lowest BCUT2D eigenvalue weighted by Gasteiger charge is -2.30. The van der Waals surface area contributed by atoms with Crippen LogP contribution in [-0.2, 0) is 14.4 Å². The molecule has 0 aliphatic carbocycles. The number of nitrogens with two attached hydrogens (primary N) is 1. The van der Waals surface area contributed by atoms with Crippen molar-refractivity contribution in [2.75, 3.05) is 12.0 Å². The van der Waals surface area contributed by atoms with Gasteiger partial charge in [-0.15, -0.1) is 0 Å². The fourth-order valence-corrected chi connectivity index (χ4v) is 5.06. The molecule has 3 heterocycles. The average molecular weight is 390 g/mol. The third kappa shape index (κ3) is 2.37. The van der Waals surface area contributed by atoms with Crippen LogP contribution in [0.1, 0.15) is 17.2 Å². The van der Waals surface area contributed by atoms with Crippen LogP contribution in [0.15, 0.2) is 54.7 Å². The largest absolute Gasteiger partial charge is 0.497 e. The molecule has 3 N–H and O–H groups in total. The van der Waals surface area contributed by atoms with E-state index in [-0.39, 0.29) is 17.9 Å². The summed E-state index contributed by atoms with van der Waals surface area (Å²) < 4.78 is 5.16. The SMILES string of the molecule is COc1ccc(N2C(=O)[C@@H]3[C@H](C2=O)[C@H](C(N)=O)[NH+]2C=Cc4ccccc4[C@@H]32)cc1. The molecule has 7 heteroatoms. The van der Waals surface area contributed by atoms with Gasteiger partial charge in [0.05, 0.1) is 19.0 Å². The molecule has 0 bridgehead atoms. The van der Waals surface area contributed by atoms with Gasteiger partial charge in [-0.1, -0.05) is 24.3 Å². The van der Waals surface area contributed by atoms with Crippen molar-refractivity contribution in [3.8, 4) is 5.75 Å². The minimum Gasteiger partial charge on any atom is -0.497 e. The van der Waals surface area contributed by atoms with Crippen LogP contribution in [0.3, 0.4) is 0 Å². The van der Waals surface area contributed by atoms with Crippen molar-refractivity contribution in [1.82, 2.24) is 0 Å². The standard InChI is InChI=1S/C22H19N3O4/c1-29-14-8-6-13(7-9-14)25-21(27)16-17(22(25)28)19(20(23)26)24-11-10-12-4-2-3-5-15(12)18(16)24/h2-11,16-19H,1H3,(H2,23,26)/p+1/t16-,17+,18+,19-/m1/s1. The second-order valence-electron chi connectivity index (χ2n) is 7.58. The van der Waals surface area contributed by atoms with Crippen molar-refractivity contribution >= 4 is 29.5 Å². The van der Waals surface area contributed by atoms with Crippen LogP contribution in [0.4, 0.5) is 5.69 Å². The van der Waals surface area contributed by atoms with E-state index in [0.29, 0.717) is 11.4 Å². The highest BCUT2D eigenvalue weighted by molar-refractivity contribution is 6.23. The molecule has 7 nitrogen and oxygen atoms in total. The monoisotopic (exact) mass is 390 g/mol. The van der Waals surface area contributed by atoms with E-state index in [1.54, 1.807) is 31.4 Å². The van der Waals surface area contributed by atoms with Gasteiger partial charge < -0.3 is 10.5 Å². The molecule has 0 spiro atoms. The minimum atomic E-state index is -0.783. The molecule has 3 aliphatic heterocycles. The molecule has 3 aliphatic rings. The molecule has 0 aromatic heterocycles. The maximum absolute atomic E-state index is 13.5. The predicted molar refractivity (Wildman–Crippen MR) is 105 cm³/mol. The molecule has 2 fully saturated rings. The number of benzene rings is 2. The van der Waals surface area contributed by atoms with E-state index in [2.05, 4.69) is 0 Å². The topological polar surface area (TPSA) is 94.1 Å². The Labute approximate surface area is 167 Å². The first-order valence-electron chi connectivity index (χ1n) is 9.48. The summed E-state index contributed by atoms with van der Waals surface area (Å²) in [6.45, 7) is 0. The second kappa shape index (κ2) is 6.28. The first-order chi connectivity index (χ1) is 14.0. The Bertz CT molecular complexity index is 1060. The van der Waals surface area contributed by atoms with Crippen LogP contribution in [0.5, 0.6) is 5.75 Å². The molecular formula is C22H20N3O4+. The van der Waals surface area contributed by atoms with Gasteiger partial charge in [-0.2, -0.15) is 0 Å². The lowest BCUT2D eigenvalue weighted by Crippen LogP contribution is -3.12. The summed E-state index contributed by atoms with van der Waals surface area (Å²) in [5.74, 6) is -2.02. The summed E-state index contributed by atoms with van der Waals surface area (Å²) in [6, 6.07) is 13.4. The van der Waals surface area contributed by atoms with Crippen LogP contribution in [0, 0.1) is 11.8 Å². The van der Waals surface area contributed by atoms with Gasteiger partial charge in [0, 0.05) is 5.56 Å². The normalized spacial score (nSPS) is 29.4. The lowest BCUT2D eigenvalue weighted by atomic mass is 9.84. The van der Waals surface area contributed by atoms with Crippen molar-refractivity contribution in [3.05, 3.63) is 65.9 Å². The summed E-state index contributed by atoms with van der Waals surface area (Å²) >= 11 is 0. The predicted octanol–water partition coefficient (Wildman–Crippen LogP) is 0.279. The smallest absolute Gasteiger partial charge is 0.277 e. The van der Waals surface area contributed by atoms with E-state index in [4.69, 9.17) is 10.5 Å². The second-order valence-corrected chi connectivity index (χ2v) is 7.58. The Kier molecular flexibility index (Phi) is 3.82. The molecule has 5 atom stereocenters. The van der Waals surface area contributed by atoms with Crippen molar-refractivity contribution in [3.63, 3.8) is 0 Å². The number of rotatable bonds is 3. The highest BCUT2D eigenvalue weighted by Gasteiger charge is 2.67. The third-order valence-electron chi connectivity index (χ3n) is 6.26. The van der Waals surface area contributed by atoms with E-state index in [9.17, 15) is 14.4 Å². The number of imide groups is 1. The molecule has 2 saturated heterocycles. The van der Waals surface area contributed by atoms with Crippen molar-refractivity contribution in [1.29, 1.82) is 0 Å². The number of hydrogen-bond donors (Lipinski definition) is 2. The zero-order valence-electron chi connectivity index (χ0n) is 15.7. The number of nitrogens with zero attached hydrogens (tertiary/aromatic N) is 1. The van der Waals surface area contributed by atoms with Crippen LogP contribution in [0.2, 0.25) is 0 Å². The number of carbonyl (C=O) groups is 3. The number of fused-ring (bicyclic) bond motifs is 5. The molecular weight excluding hydrogens is 370 g/mol. The number of carbonyl (C=O) groups excluding carboxylic acids is 3.